The Morgan fingerprint density at radius 3 is 2.75 bits per heavy atom. The molecule has 8 nitrogen and oxygen atoms in total. The number of anilines is 3. The molecule has 0 fully saturated rings. The first-order valence-corrected chi connectivity index (χ1v) is 10.0. The van der Waals surface area contributed by atoms with Crippen LogP contribution >= 0.6 is 0 Å². The maximum Gasteiger partial charge on any atom is 0.303 e. The molecule has 1 aromatic carbocycles. The van der Waals surface area contributed by atoms with E-state index in [4.69, 9.17) is 5.11 Å². The molecule has 1 aliphatic rings. The summed E-state index contributed by atoms with van der Waals surface area (Å²) in [5.41, 5.74) is 4.45. The largest absolute Gasteiger partial charge is 0.481 e. The van der Waals surface area contributed by atoms with Gasteiger partial charge in [-0.25, -0.2) is 14.4 Å². The van der Waals surface area contributed by atoms with Gasteiger partial charge in [-0.05, 0) is 61.7 Å². The number of carboxylic acid groups (broad SMARTS) is 1. The zero-order valence-electron chi connectivity index (χ0n) is 17.9. The van der Waals surface area contributed by atoms with Crippen molar-refractivity contribution in [2.45, 2.75) is 26.7 Å². The lowest BCUT2D eigenvalue weighted by Crippen LogP contribution is -2.21. The fourth-order valence-corrected chi connectivity index (χ4v) is 3.67. The minimum atomic E-state index is -0.873. The number of nitrogens with zero attached hydrogens (tertiary/aromatic N) is 3. The van der Waals surface area contributed by atoms with E-state index in [0.717, 1.165) is 11.3 Å². The zero-order chi connectivity index (χ0) is 23.0. The highest BCUT2D eigenvalue weighted by molar-refractivity contribution is 6.36. The summed E-state index contributed by atoms with van der Waals surface area (Å²) in [5, 5.41) is 12.1. The second-order valence-electron chi connectivity index (χ2n) is 7.72. The lowest BCUT2D eigenvalue weighted by molar-refractivity contribution is -0.137. The summed E-state index contributed by atoms with van der Waals surface area (Å²) in [6.07, 6.45) is 3.48. The van der Waals surface area contributed by atoms with Crippen LogP contribution < -0.4 is 10.2 Å². The molecule has 9 heteroatoms. The number of carbonyl (C=O) groups is 2. The topological polar surface area (TPSA) is 111 Å². The van der Waals surface area contributed by atoms with Crippen LogP contribution in [0.1, 0.15) is 34.5 Å². The van der Waals surface area contributed by atoms with E-state index < -0.39 is 5.97 Å². The molecular formula is C23H22FN5O3. The molecular weight excluding hydrogens is 413 g/mol. The van der Waals surface area contributed by atoms with Crippen molar-refractivity contribution in [3.8, 4) is 0 Å². The predicted molar refractivity (Wildman–Crippen MR) is 119 cm³/mol. The van der Waals surface area contributed by atoms with E-state index in [0.29, 0.717) is 46.1 Å². The summed E-state index contributed by atoms with van der Waals surface area (Å²) in [6, 6.07) is 6.51. The number of aliphatic carboxylic acids is 1. The Kier molecular flexibility index (Phi) is 5.48. The molecule has 1 amide bonds. The van der Waals surface area contributed by atoms with Gasteiger partial charge in [0.15, 0.2) is 0 Å². The number of aromatic nitrogens is 3. The van der Waals surface area contributed by atoms with Gasteiger partial charge in [-0.2, -0.15) is 0 Å². The van der Waals surface area contributed by atoms with E-state index in [1.807, 2.05) is 13.0 Å². The number of H-pyrrole nitrogens is 1. The molecule has 0 atom stereocenters. The van der Waals surface area contributed by atoms with Crippen LogP contribution in [0.25, 0.3) is 11.6 Å². The van der Waals surface area contributed by atoms with E-state index in [2.05, 4.69) is 20.3 Å². The number of hydrogen-bond acceptors (Lipinski definition) is 5. The number of aryl methyl sites for hydroxylation is 3. The minimum absolute atomic E-state index is 0.0134. The molecule has 0 radical (unpaired) electrons. The fourth-order valence-electron chi connectivity index (χ4n) is 3.67. The Bertz CT molecular complexity index is 1260. The van der Waals surface area contributed by atoms with Gasteiger partial charge in [-0.15, -0.1) is 0 Å². The Hall–Kier alpha value is -4.01. The van der Waals surface area contributed by atoms with Crippen molar-refractivity contribution < 1.29 is 19.1 Å². The van der Waals surface area contributed by atoms with Crippen molar-refractivity contribution in [1.82, 2.24) is 15.0 Å². The molecule has 4 rings (SSSR count). The van der Waals surface area contributed by atoms with Gasteiger partial charge < -0.3 is 15.4 Å². The average molecular weight is 435 g/mol. The Morgan fingerprint density at radius 2 is 2.03 bits per heavy atom. The van der Waals surface area contributed by atoms with Crippen molar-refractivity contribution in [1.29, 1.82) is 0 Å². The zero-order valence-corrected chi connectivity index (χ0v) is 17.9. The predicted octanol–water partition coefficient (Wildman–Crippen LogP) is 3.84. The third kappa shape index (κ3) is 3.96. The van der Waals surface area contributed by atoms with Gasteiger partial charge in [0.25, 0.3) is 5.91 Å². The Morgan fingerprint density at radius 1 is 1.25 bits per heavy atom. The molecule has 2 aromatic heterocycles. The first-order valence-electron chi connectivity index (χ1n) is 10.0. The van der Waals surface area contributed by atoms with Crippen LogP contribution in [0.15, 0.2) is 30.6 Å². The number of rotatable bonds is 6. The number of benzene rings is 1. The lowest BCUT2D eigenvalue weighted by atomic mass is 10.1. The van der Waals surface area contributed by atoms with Crippen LogP contribution in [0.3, 0.4) is 0 Å². The number of fused-ring (bicyclic) bond motifs is 1. The molecule has 0 saturated heterocycles. The second kappa shape index (κ2) is 8.26. The van der Waals surface area contributed by atoms with E-state index in [1.54, 1.807) is 32.2 Å². The summed E-state index contributed by atoms with van der Waals surface area (Å²) in [7, 11) is 1.64. The van der Waals surface area contributed by atoms with Crippen LogP contribution in [-0.2, 0) is 16.0 Å². The van der Waals surface area contributed by atoms with Gasteiger partial charge in [-0.1, -0.05) is 0 Å². The quantitative estimate of drug-likeness (QED) is 0.508. The van der Waals surface area contributed by atoms with Crippen molar-refractivity contribution >= 4 is 40.8 Å². The van der Waals surface area contributed by atoms with Gasteiger partial charge in [0.2, 0.25) is 0 Å². The summed E-state index contributed by atoms with van der Waals surface area (Å²) < 4.78 is 13.7. The van der Waals surface area contributed by atoms with Crippen LogP contribution in [-0.4, -0.2) is 39.0 Å². The summed E-state index contributed by atoms with van der Waals surface area (Å²) >= 11 is 0. The molecule has 3 heterocycles. The van der Waals surface area contributed by atoms with Gasteiger partial charge in [0, 0.05) is 24.1 Å². The second-order valence-corrected chi connectivity index (χ2v) is 7.72. The Labute approximate surface area is 183 Å². The van der Waals surface area contributed by atoms with E-state index in [1.165, 1.54) is 17.3 Å². The maximum atomic E-state index is 13.7. The monoisotopic (exact) mass is 435 g/mol. The number of aromatic amines is 1. The highest BCUT2D eigenvalue weighted by Gasteiger charge is 2.34. The first kappa shape index (κ1) is 21.2. The fraction of sp³-hybridized carbons (Fsp3) is 0.217. The first-order chi connectivity index (χ1) is 15.2. The highest BCUT2D eigenvalue weighted by Crippen LogP contribution is 2.40. The standard InChI is InChI=1S/C23H22FN5O3/c1-12-8-15(4-6-17(12)24)28-21-20-16(23(32)29(3)22(20)26-11-25-21)10-18-13(2)9-14(27-18)5-7-19(30)31/h4,6,8-11,27H,5,7H2,1-3H3,(H,30,31)(H,25,26,28)/b16-10-. The number of hydrogen-bond donors (Lipinski definition) is 3. The SMILES string of the molecule is Cc1cc(Nc2ncnc3c2/C(=C/c2[nH]c(CCC(=O)O)cc2C)C(=O)N3C)ccc1F. The summed E-state index contributed by atoms with van der Waals surface area (Å²) in [4.78, 5) is 37.1. The lowest BCUT2D eigenvalue weighted by Gasteiger charge is -2.11. The van der Waals surface area contributed by atoms with Gasteiger partial charge in [0.1, 0.15) is 23.8 Å². The third-order valence-corrected chi connectivity index (χ3v) is 5.38. The number of amides is 1. The molecule has 0 saturated carbocycles. The third-order valence-electron chi connectivity index (χ3n) is 5.38. The van der Waals surface area contributed by atoms with E-state index in [-0.39, 0.29) is 18.1 Å². The van der Waals surface area contributed by atoms with E-state index in [9.17, 15) is 14.0 Å². The molecule has 0 unspecified atom stereocenters. The number of likely N-dealkylation sites (N-methyl/N-ethyl adjacent to an activating group) is 1. The van der Waals surface area contributed by atoms with E-state index >= 15 is 0 Å². The molecule has 0 spiro atoms. The molecule has 3 N–H and O–H groups in total. The highest BCUT2D eigenvalue weighted by atomic mass is 19.1. The average Bonchev–Trinajstić information content (AvgIpc) is 3.22. The van der Waals surface area contributed by atoms with Gasteiger partial charge in [-0.3, -0.25) is 14.5 Å². The number of halogens is 1. The summed E-state index contributed by atoms with van der Waals surface area (Å²) in [5.74, 6) is -0.518. The summed E-state index contributed by atoms with van der Waals surface area (Å²) in [6.45, 7) is 3.56. The van der Waals surface area contributed by atoms with Crippen LogP contribution in [0.4, 0.5) is 21.7 Å². The number of nitrogens with one attached hydrogen (secondary N) is 2. The van der Waals surface area contributed by atoms with Gasteiger partial charge >= 0.3 is 5.97 Å². The molecule has 1 aliphatic heterocycles. The Balaban J connectivity index is 1.74. The number of carbonyl (C=O) groups excluding carboxylic acids is 1. The van der Waals surface area contributed by atoms with Crippen LogP contribution in [0.5, 0.6) is 0 Å². The van der Waals surface area contributed by atoms with Crippen LogP contribution in [0, 0.1) is 19.7 Å². The normalized spacial score (nSPS) is 14.2. The molecule has 0 aliphatic carbocycles. The van der Waals surface area contributed by atoms with Crippen molar-refractivity contribution in [3.05, 3.63) is 64.5 Å². The minimum Gasteiger partial charge on any atom is -0.481 e. The molecule has 32 heavy (non-hydrogen) atoms. The number of carboxylic acids is 1. The van der Waals surface area contributed by atoms with Crippen molar-refractivity contribution in [2.75, 3.05) is 17.3 Å². The van der Waals surface area contributed by atoms with Crippen molar-refractivity contribution in [2.24, 2.45) is 0 Å². The van der Waals surface area contributed by atoms with Gasteiger partial charge in [0.05, 0.1) is 17.6 Å². The van der Waals surface area contributed by atoms with Crippen molar-refractivity contribution in [3.63, 3.8) is 0 Å². The molecule has 3 aromatic rings. The molecule has 164 valence electrons. The maximum absolute atomic E-state index is 13.7. The van der Waals surface area contributed by atoms with Crippen LogP contribution in [0.2, 0.25) is 0 Å². The smallest absolute Gasteiger partial charge is 0.303 e. The molecule has 0 bridgehead atoms.